The topological polar surface area (TPSA) is 199 Å². The predicted molar refractivity (Wildman–Crippen MR) is 226 cm³/mol. The summed E-state index contributed by atoms with van der Waals surface area (Å²) in [6.07, 6.45) is 9.43. The highest BCUT2D eigenvalue weighted by Crippen LogP contribution is 2.46. The van der Waals surface area contributed by atoms with Crippen LogP contribution in [0.1, 0.15) is 94.6 Å². The van der Waals surface area contributed by atoms with Crippen molar-refractivity contribution in [2.75, 3.05) is 6.54 Å². The van der Waals surface area contributed by atoms with E-state index in [0.717, 1.165) is 44.1 Å². The van der Waals surface area contributed by atoms with Gasteiger partial charge in [0.2, 0.25) is 27.4 Å². The first-order valence-corrected chi connectivity index (χ1v) is 23.3. The molecule has 1 saturated heterocycles. The molecule has 9 rings (SSSR count). The van der Waals surface area contributed by atoms with Crippen molar-refractivity contribution >= 4 is 55.9 Å². The van der Waals surface area contributed by atoms with E-state index in [1.807, 2.05) is 37.3 Å². The number of nitrogens with one attached hydrogen (secondary N) is 3. The molecule has 15 nitrogen and oxygen atoms in total. The first kappa shape index (κ1) is 41.8. The Morgan fingerprint density at radius 1 is 0.968 bits per heavy atom. The summed E-state index contributed by atoms with van der Waals surface area (Å²) in [4.78, 5) is 67.5. The molecule has 4 amide bonds. The first-order valence-electron chi connectivity index (χ1n) is 21.7. The lowest BCUT2D eigenvalue weighted by molar-refractivity contribution is -0.141. The number of allylic oxidation sites excluding steroid dienone is 1. The Balaban J connectivity index is 1.06. The Kier molecular flexibility index (Phi) is 11.2. The van der Waals surface area contributed by atoms with Gasteiger partial charge in [0.25, 0.3) is 11.8 Å². The molecule has 0 bridgehead atoms. The number of ether oxygens (including phenoxy) is 2. The number of aromatic nitrogens is 2. The fourth-order valence-electron chi connectivity index (χ4n) is 9.01. The number of hydrogen-bond acceptors (Lipinski definition) is 11. The van der Waals surface area contributed by atoms with Gasteiger partial charge in [0.1, 0.15) is 46.7 Å². The van der Waals surface area contributed by atoms with Gasteiger partial charge in [-0.25, -0.2) is 22.6 Å². The van der Waals surface area contributed by atoms with Gasteiger partial charge < -0.3 is 29.4 Å². The molecule has 3 aliphatic carbocycles. The largest absolute Gasteiger partial charge is 0.470 e. The highest BCUT2D eigenvalue weighted by Gasteiger charge is 2.62. The fraction of sp³-hybridized carbons (Fsp3) is 0.511. The molecule has 17 heteroatoms. The number of carbonyl (C=O) groups excluding carboxylic acids is 4. The van der Waals surface area contributed by atoms with Gasteiger partial charge in [-0.05, 0) is 102 Å². The number of hydrogen-bond donors (Lipinski definition) is 3. The molecule has 4 aromatic rings. The van der Waals surface area contributed by atoms with E-state index in [9.17, 15) is 32.0 Å². The highest BCUT2D eigenvalue weighted by atomic mass is 32.2. The maximum Gasteiger partial charge on any atom is 0.408 e. The zero-order valence-corrected chi connectivity index (χ0v) is 35.6. The van der Waals surface area contributed by atoms with E-state index in [1.165, 1.54) is 11.0 Å². The quantitative estimate of drug-likeness (QED) is 0.171. The van der Waals surface area contributed by atoms with Crippen LogP contribution >= 0.6 is 0 Å². The monoisotopic (exact) mass is 870 g/mol. The van der Waals surface area contributed by atoms with Crippen molar-refractivity contribution in [1.82, 2.24) is 30.2 Å². The number of fused-ring (bicyclic) bond motifs is 5. The Hall–Kier alpha value is -5.58. The number of aryl methyl sites for hydroxylation is 2. The summed E-state index contributed by atoms with van der Waals surface area (Å²) in [6.45, 7) is 3.47. The minimum Gasteiger partial charge on any atom is -0.470 e. The number of nitrogens with zero attached hydrogens (tertiary/aromatic N) is 3. The Morgan fingerprint density at radius 2 is 1.76 bits per heavy atom. The summed E-state index contributed by atoms with van der Waals surface area (Å²) in [6, 6.07) is 8.05. The van der Waals surface area contributed by atoms with Crippen LogP contribution in [0.3, 0.4) is 0 Å². The number of halogens is 1. The molecule has 0 spiro atoms. The molecule has 2 aromatic carbocycles. The average molecular weight is 871 g/mol. The van der Waals surface area contributed by atoms with Crippen molar-refractivity contribution in [2.45, 2.75) is 132 Å². The Bertz CT molecular complexity index is 2590. The second-order valence-corrected chi connectivity index (χ2v) is 19.6. The number of alkyl carbamates (subject to hydrolysis) is 1. The van der Waals surface area contributed by atoms with Crippen LogP contribution in [0.2, 0.25) is 0 Å². The molecule has 5 aliphatic rings. The second-order valence-electron chi connectivity index (χ2n) is 17.6. The van der Waals surface area contributed by atoms with Crippen LogP contribution in [0, 0.1) is 25.6 Å². The van der Waals surface area contributed by atoms with E-state index in [4.69, 9.17) is 23.9 Å². The lowest BCUT2D eigenvalue weighted by Gasteiger charge is -2.30. The molecule has 3 N–H and O–H groups in total. The summed E-state index contributed by atoms with van der Waals surface area (Å²) in [5, 5.41) is 5.72. The highest BCUT2D eigenvalue weighted by molar-refractivity contribution is 7.91. The standard InChI is InChI=1S/C45H51FN6O9S/c1-25-14-19-36-32(20-25)37-38(61-36)41(49-39(48-37)27-16-15-26(2)33(46)21-27)59-30-22-35-40(53)50-45(43(55)51-62(57,58)31-17-18-31)23-28(45)10-6-4-3-5-7-13-34(42(54)52(35)24-30)47-44(56)60-29-11-8-9-12-29/h6,10,14-16,19-21,28-31,34-35H,3-5,7-9,11-13,17-18,22-24H2,1-2H3,(H,47,56)(H,50,53)(H,51,55)/b10-6-/t28-,30+,34-,35-,45+/m0/s1. The molecule has 62 heavy (non-hydrogen) atoms. The third kappa shape index (κ3) is 8.47. The SMILES string of the molecule is Cc1ccc2oc3c(O[C@@H]4C[C@H]5C(=O)N[C@]6(C(=O)NS(=O)(=O)C7CC7)C[C@@H]6/C=C\CCCCC[C@H](NC(=O)OC6CCCC6)C(=O)N5C4)nc(-c4ccc(C)c(F)c4)nc3c2c1. The number of furan rings is 1. The van der Waals surface area contributed by atoms with Crippen LogP contribution < -0.4 is 20.1 Å². The van der Waals surface area contributed by atoms with Gasteiger partial charge in [-0.3, -0.25) is 19.1 Å². The zero-order valence-electron chi connectivity index (χ0n) is 34.8. The lowest BCUT2D eigenvalue weighted by atomic mass is 10.0. The van der Waals surface area contributed by atoms with E-state index in [-0.39, 0.29) is 49.2 Å². The number of benzene rings is 2. The van der Waals surface area contributed by atoms with Crippen LogP contribution in [0.15, 0.2) is 53.0 Å². The maximum absolute atomic E-state index is 14.9. The van der Waals surface area contributed by atoms with Crippen molar-refractivity contribution < 1.29 is 45.9 Å². The number of amides is 4. The van der Waals surface area contributed by atoms with E-state index in [0.29, 0.717) is 53.3 Å². The van der Waals surface area contributed by atoms with Gasteiger partial charge in [-0.2, -0.15) is 4.98 Å². The molecule has 4 heterocycles. The molecule has 2 aromatic heterocycles. The summed E-state index contributed by atoms with van der Waals surface area (Å²) in [7, 11) is -3.94. The van der Waals surface area contributed by atoms with Crippen LogP contribution in [0.5, 0.6) is 5.88 Å². The third-order valence-electron chi connectivity index (χ3n) is 12.9. The Morgan fingerprint density at radius 3 is 2.53 bits per heavy atom. The van der Waals surface area contributed by atoms with Gasteiger partial charge in [0, 0.05) is 23.3 Å². The van der Waals surface area contributed by atoms with E-state index in [1.54, 1.807) is 19.1 Å². The average Bonchev–Trinajstić information content (AvgIpc) is 4.05. The molecule has 0 radical (unpaired) electrons. The minimum atomic E-state index is -3.94. The van der Waals surface area contributed by atoms with Crippen molar-refractivity contribution in [3.8, 4) is 17.3 Å². The van der Waals surface area contributed by atoms with E-state index < -0.39 is 74.5 Å². The summed E-state index contributed by atoms with van der Waals surface area (Å²) in [5.74, 6) is -2.75. The number of rotatable bonds is 8. The number of sulfonamides is 1. The molecular weight excluding hydrogens is 820 g/mol. The van der Waals surface area contributed by atoms with Crippen molar-refractivity contribution in [1.29, 1.82) is 0 Å². The van der Waals surface area contributed by atoms with Crippen LogP contribution in [-0.2, 0) is 29.1 Å². The fourth-order valence-corrected chi connectivity index (χ4v) is 10.4. The number of carbonyl (C=O) groups is 4. The van der Waals surface area contributed by atoms with Crippen molar-refractivity contribution in [3.63, 3.8) is 0 Å². The summed E-state index contributed by atoms with van der Waals surface area (Å²) < 4.78 is 61.6. The Labute approximate surface area is 358 Å². The van der Waals surface area contributed by atoms with Gasteiger partial charge in [-0.1, -0.05) is 48.8 Å². The van der Waals surface area contributed by atoms with Crippen LogP contribution in [0.25, 0.3) is 33.5 Å². The van der Waals surface area contributed by atoms with E-state index >= 15 is 0 Å². The third-order valence-corrected chi connectivity index (χ3v) is 14.7. The van der Waals surface area contributed by atoms with Crippen molar-refractivity contribution in [2.24, 2.45) is 5.92 Å². The van der Waals surface area contributed by atoms with Gasteiger partial charge in [-0.15, -0.1) is 0 Å². The molecule has 5 atom stereocenters. The van der Waals surface area contributed by atoms with Crippen LogP contribution in [0.4, 0.5) is 9.18 Å². The predicted octanol–water partition coefficient (Wildman–Crippen LogP) is 6.19. The molecular formula is C45H51FN6O9S. The maximum atomic E-state index is 14.9. The summed E-state index contributed by atoms with van der Waals surface area (Å²) >= 11 is 0. The minimum absolute atomic E-state index is 0.0174. The first-order chi connectivity index (χ1) is 29.8. The van der Waals surface area contributed by atoms with E-state index in [2.05, 4.69) is 15.4 Å². The smallest absolute Gasteiger partial charge is 0.408 e. The van der Waals surface area contributed by atoms with Crippen LogP contribution in [-0.4, -0.2) is 88.7 Å². The van der Waals surface area contributed by atoms with Gasteiger partial charge in [0.15, 0.2) is 5.82 Å². The molecule has 0 unspecified atom stereocenters. The lowest BCUT2D eigenvalue weighted by Crippen LogP contribution is -2.58. The molecule has 328 valence electrons. The molecule has 3 saturated carbocycles. The summed E-state index contributed by atoms with van der Waals surface area (Å²) in [5.41, 5.74) is 1.41. The van der Waals surface area contributed by atoms with Gasteiger partial charge in [0.05, 0.1) is 11.8 Å². The van der Waals surface area contributed by atoms with Gasteiger partial charge >= 0.3 is 6.09 Å². The molecule has 4 fully saturated rings. The second kappa shape index (κ2) is 16.6. The van der Waals surface area contributed by atoms with Crippen molar-refractivity contribution in [3.05, 3.63) is 65.5 Å². The zero-order chi connectivity index (χ0) is 43.3. The normalized spacial score (nSPS) is 26.5. The molecule has 2 aliphatic heterocycles.